The van der Waals surface area contributed by atoms with Crippen LogP contribution < -0.4 is 5.56 Å². The van der Waals surface area contributed by atoms with Crippen LogP contribution in [0.1, 0.15) is 34.0 Å². The second kappa shape index (κ2) is 8.39. The molecule has 0 spiro atoms. The molecule has 28 heavy (non-hydrogen) atoms. The molecule has 144 valence electrons. The number of rotatable bonds is 6. The number of hydrogen-bond donors (Lipinski definition) is 1. The van der Waals surface area contributed by atoms with Crippen molar-refractivity contribution in [3.63, 3.8) is 0 Å². The normalized spacial score (nSPS) is 10.8. The van der Waals surface area contributed by atoms with E-state index in [0.29, 0.717) is 34.0 Å². The Hall–Kier alpha value is -2.93. The Morgan fingerprint density at radius 1 is 1.11 bits per heavy atom. The van der Waals surface area contributed by atoms with Gasteiger partial charge in [0.15, 0.2) is 10.9 Å². The Morgan fingerprint density at radius 2 is 1.68 bits per heavy atom. The van der Waals surface area contributed by atoms with Crippen molar-refractivity contribution in [1.82, 2.24) is 9.55 Å². The molecule has 7 heteroatoms. The largest absolute Gasteiger partial charge is 0.493 e. The van der Waals surface area contributed by atoms with Gasteiger partial charge in [-0.3, -0.25) is 14.2 Å². The summed E-state index contributed by atoms with van der Waals surface area (Å²) in [6.45, 7) is 1.79. The highest BCUT2D eigenvalue weighted by molar-refractivity contribution is 7.98. The third-order valence-corrected chi connectivity index (χ3v) is 5.47. The molecule has 0 aliphatic heterocycles. The van der Waals surface area contributed by atoms with Gasteiger partial charge in [-0.25, -0.2) is 4.39 Å². The first-order valence-corrected chi connectivity index (χ1v) is 9.70. The van der Waals surface area contributed by atoms with Gasteiger partial charge >= 0.3 is 0 Å². The number of ketones is 1. The maximum absolute atomic E-state index is 13.0. The van der Waals surface area contributed by atoms with Crippen molar-refractivity contribution in [3.05, 3.63) is 87.0 Å². The van der Waals surface area contributed by atoms with E-state index in [-0.39, 0.29) is 23.0 Å². The molecule has 3 aromatic rings. The summed E-state index contributed by atoms with van der Waals surface area (Å²) in [5.41, 5.74) is 1.92. The van der Waals surface area contributed by atoms with Crippen LogP contribution in [0.3, 0.4) is 0 Å². The number of benzene rings is 2. The lowest BCUT2D eigenvalue weighted by Gasteiger charge is -2.10. The molecule has 1 aromatic heterocycles. The summed E-state index contributed by atoms with van der Waals surface area (Å²) in [6, 6.07) is 12.5. The highest BCUT2D eigenvalue weighted by atomic mass is 32.2. The van der Waals surface area contributed by atoms with Gasteiger partial charge in [-0.1, -0.05) is 43.0 Å². The third-order valence-electron chi connectivity index (χ3n) is 4.37. The molecule has 0 radical (unpaired) electrons. The minimum absolute atomic E-state index is 0.177. The molecule has 0 atom stereocenters. The van der Waals surface area contributed by atoms with E-state index in [1.165, 1.54) is 40.6 Å². The van der Waals surface area contributed by atoms with Gasteiger partial charge in [0.05, 0.1) is 5.56 Å². The second-order valence-electron chi connectivity index (χ2n) is 6.24. The molecule has 2 aromatic carbocycles. The maximum atomic E-state index is 13.0. The van der Waals surface area contributed by atoms with Gasteiger partial charge in [0, 0.05) is 23.9 Å². The summed E-state index contributed by atoms with van der Waals surface area (Å²) in [5, 5.41) is 10.3. The first kappa shape index (κ1) is 19.8. The molecule has 0 amide bonds. The predicted octanol–water partition coefficient (Wildman–Crippen LogP) is 3.71. The van der Waals surface area contributed by atoms with Crippen LogP contribution >= 0.6 is 11.8 Å². The Kier molecular flexibility index (Phi) is 5.94. The summed E-state index contributed by atoms with van der Waals surface area (Å²) < 4.78 is 14.4. The summed E-state index contributed by atoms with van der Waals surface area (Å²) in [6.07, 6.45) is 0.417. The summed E-state index contributed by atoms with van der Waals surface area (Å²) in [4.78, 5) is 28.8. The molecule has 1 heterocycles. The van der Waals surface area contributed by atoms with E-state index in [0.717, 1.165) is 5.56 Å². The summed E-state index contributed by atoms with van der Waals surface area (Å²) >= 11 is 1.33. The van der Waals surface area contributed by atoms with Gasteiger partial charge in [0.2, 0.25) is 5.88 Å². The molecule has 0 saturated carbocycles. The van der Waals surface area contributed by atoms with E-state index >= 15 is 0 Å². The minimum atomic E-state index is -0.384. The number of nitrogens with zero attached hydrogens (tertiary/aromatic N) is 2. The molecular weight excluding hydrogens is 379 g/mol. The SMILES string of the molecule is CCc1c(O)nc(SCc2ccc(C(=O)c3ccc(F)cc3)cc2)n(C)c1=O. The fourth-order valence-corrected chi connectivity index (χ4v) is 3.64. The Labute approximate surface area is 165 Å². The molecule has 0 aliphatic rings. The summed E-state index contributed by atoms with van der Waals surface area (Å²) in [5.74, 6) is -0.266. The molecule has 0 aliphatic carbocycles. The lowest BCUT2D eigenvalue weighted by Crippen LogP contribution is -2.23. The molecule has 3 rings (SSSR count). The van der Waals surface area contributed by atoms with E-state index in [1.54, 1.807) is 26.1 Å². The van der Waals surface area contributed by atoms with Crippen molar-refractivity contribution >= 4 is 17.5 Å². The van der Waals surface area contributed by atoms with E-state index < -0.39 is 0 Å². The lowest BCUT2D eigenvalue weighted by atomic mass is 10.0. The Bertz CT molecular complexity index is 1060. The van der Waals surface area contributed by atoms with Crippen LogP contribution in [0.2, 0.25) is 0 Å². The Balaban J connectivity index is 1.72. The average molecular weight is 398 g/mol. The van der Waals surface area contributed by atoms with Crippen LogP contribution in [0.15, 0.2) is 58.5 Å². The van der Waals surface area contributed by atoms with Crippen molar-refractivity contribution in [2.75, 3.05) is 0 Å². The quantitative estimate of drug-likeness (QED) is 0.389. The van der Waals surface area contributed by atoms with Crippen LogP contribution in [0.4, 0.5) is 4.39 Å². The van der Waals surface area contributed by atoms with Gasteiger partial charge < -0.3 is 5.11 Å². The van der Waals surface area contributed by atoms with Crippen LogP contribution in [0, 0.1) is 5.82 Å². The summed E-state index contributed by atoms with van der Waals surface area (Å²) in [7, 11) is 1.63. The van der Waals surface area contributed by atoms with Gasteiger partial charge in [-0.2, -0.15) is 4.98 Å². The van der Waals surface area contributed by atoms with Gasteiger partial charge in [0.1, 0.15) is 5.82 Å². The van der Waals surface area contributed by atoms with Crippen LogP contribution in [-0.4, -0.2) is 20.4 Å². The standard InChI is InChI=1S/C21H19FN2O3S/c1-3-17-19(26)23-21(24(2)20(17)27)28-12-13-4-6-14(7-5-13)18(25)15-8-10-16(22)11-9-15/h4-11,26H,3,12H2,1-2H3. The van der Waals surface area contributed by atoms with Crippen LogP contribution in [-0.2, 0) is 19.2 Å². The van der Waals surface area contributed by atoms with E-state index in [1.807, 2.05) is 12.1 Å². The zero-order chi connectivity index (χ0) is 20.3. The first-order chi connectivity index (χ1) is 13.4. The first-order valence-electron chi connectivity index (χ1n) is 8.71. The van der Waals surface area contributed by atoms with Crippen LogP contribution in [0.25, 0.3) is 0 Å². The maximum Gasteiger partial charge on any atom is 0.260 e. The lowest BCUT2D eigenvalue weighted by molar-refractivity contribution is 0.103. The van der Waals surface area contributed by atoms with Crippen molar-refractivity contribution in [1.29, 1.82) is 0 Å². The number of aromatic hydroxyl groups is 1. The third kappa shape index (κ3) is 4.14. The van der Waals surface area contributed by atoms with Crippen molar-refractivity contribution in [2.45, 2.75) is 24.3 Å². The van der Waals surface area contributed by atoms with Crippen molar-refractivity contribution in [3.8, 4) is 5.88 Å². The number of aromatic nitrogens is 2. The topological polar surface area (TPSA) is 72.2 Å². The fraction of sp³-hybridized carbons (Fsp3) is 0.190. The minimum Gasteiger partial charge on any atom is -0.493 e. The van der Waals surface area contributed by atoms with Gasteiger partial charge in [-0.15, -0.1) is 0 Å². The Morgan fingerprint density at radius 3 is 2.25 bits per heavy atom. The molecular formula is C21H19FN2O3S. The van der Waals surface area contributed by atoms with Crippen molar-refractivity contribution < 1.29 is 14.3 Å². The fourth-order valence-electron chi connectivity index (χ4n) is 2.72. The zero-order valence-corrected chi connectivity index (χ0v) is 16.3. The number of carbonyl (C=O) groups is 1. The predicted molar refractivity (Wildman–Crippen MR) is 106 cm³/mol. The molecule has 5 nitrogen and oxygen atoms in total. The molecule has 0 fully saturated rings. The number of carbonyl (C=O) groups excluding carboxylic acids is 1. The number of thioether (sulfide) groups is 1. The molecule has 0 bridgehead atoms. The van der Waals surface area contributed by atoms with Crippen LogP contribution in [0.5, 0.6) is 5.88 Å². The monoisotopic (exact) mass is 398 g/mol. The van der Waals surface area contributed by atoms with E-state index in [2.05, 4.69) is 4.98 Å². The van der Waals surface area contributed by atoms with Crippen molar-refractivity contribution in [2.24, 2.45) is 7.05 Å². The smallest absolute Gasteiger partial charge is 0.260 e. The van der Waals surface area contributed by atoms with E-state index in [4.69, 9.17) is 0 Å². The molecule has 1 N–H and O–H groups in total. The van der Waals surface area contributed by atoms with Gasteiger partial charge in [0.25, 0.3) is 5.56 Å². The van der Waals surface area contributed by atoms with E-state index in [9.17, 15) is 19.1 Å². The molecule has 0 saturated heterocycles. The average Bonchev–Trinajstić information content (AvgIpc) is 2.70. The zero-order valence-electron chi connectivity index (χ0n) is 15.5. The van der Waals surface area contributed by atoms with Gasteiger partial charge in [-0.05, 0) is 36.2 Å². The second-order valence-corrected chi connectivity index (χ2v) is 7.18. The number of hydrogen-bond acceptors (Lipinski definition) is 5. The highest BCUT2D eigenvalue weighted by Gasteiger charge is 2.13. The number of halogens is 1. The highest BCUT2D eigenvalue weighted by Crippen LogP contribution is 2.23. The molecule has 0 unspecified atom stereocenters.